The summed E-state index contributed by atoms with van der Waals surface area (Å²) >= 11 is 0. The number of nitro benzene ring substituents is 1. The third-order valence-electron chi connectivity index (χ3n) is 4.50. The number of non-ortho nitro benzene ring substituents is 1. The summed E-state index contributed by atoms with van der Waals surface area (Å²) in [6.07, 6.45) is 2.51. The monoisotopic (exact) mass is 425 g/mol. The van der Waals surface area contributed by atoms with Gasteiger partial charge in [-0.3, -0.25) is 29.7 Å². The number of ether oxygens (including phenoxy) is 1. The lowest BCUT2D eigenvalue weighted by Gasteiger charge is -2.16. The summed E-state index contributed by atoms with van der Waals surface area (Å²) < 4.78 is 6.97. The Bertz CT molecular complexity index is 1140. The van der Waals surface area contributed by atoms with Gasteiger partial charge in [0.2, 0.25) is 5.91 Å². The second-order valence-electron chi connectivity index (χ2n) is 6.69. The van der Waals surface area contributed by atoms with E-state index in [0.29, 0.717) is 12.2 Å². The molecule has 1 amide bonds. The molecular weight excluding hydrogens is 406 g/mol. The van der Waals surface area contributed by atoms with E-state index in [1.54, 1.807) is 19.1 Å². The molecule has 31 heavy (non-hydrogen) atoms. The first-order valence-electron chi connectivity index (χ1n) is 9.31. The molecule has 2 aromatic carbocycles. The molecule has 0 aliphatic rings. The molecule has 0 saturated carbocycles. The Morgan fingerprint density at radius 3 is 2.48 bits per heavy atom. The molecule has 1 atom stereocenters. The van der Waals surface area contributed by atoms with Crippen molar-refractivity contribution in [2.75, 3.05) is 5.32 Å². The van der Waals surface area contributed by atoms with Crippen LogP contribution in [0.15, 0.2) is 54.9 Å². The number of hydrogen-bond acceptors (Lipinski definition) is 7. The van der Waals surface area contributed by atoms with Crippen LogP contribution in [0.3, 0.4) is 0 Å². The molecule has 0 spiro atoms. The van der Waals surface area contributed by atoms with Crippen LogP contribution in [0.5, 0.6) is 11.5 Å². The molecule has 0 aliphatic carbocycles. The summed E-state index contributed by atoms with van der Waals surface area (Å²) in [5.74, 6) is 0.181. The Hall–Kier alpha value is -4.28. The number of nitro groups is 2. The number of nitrogens with zero attached hydrogens (tertiary/aromatic N) is 4. The highest BCUT2D eigenvalue weighted by molar-refractivity contribution is 5.94. The molecule has 1 N–H and O–H groups in total. The number of anilines is 1. The lowest BCUT2D eigenvalue weighted by Crippen LogP contribution is -2.26. The fourth-order valence-electron chi connectivity index (χ4n) is 2.93. The van der Waals surface area contributed by atoms with Crippen molar-refractivity contribution >= 4 is 23.0 Å². The summed E-state index contributed by atoms with van der Waals surface area (Å²) in [6, 6.07) is 10.3. The van der Waals surface area contributed by atoms with Crippen molar-refractivity contribution in [2.24, 2.45) is 0 Å². The lowest BCUT2D eigenvalue weighted by atomic mass is 10.2. The predicted octanol–water partition coefficient (Wildman–Crippen LogP) is 4.39. The van der Waals surface area contributed by atoms with Crippen molar-refractivity contribution in [1.29, 1.82) is 0 Å². The van der Waals surface area contributed by atoms with Crippen LogP contribution in [0.25, 0.3) is 0 Å². The number of aryl methyl sites for hydroxylation is 1. The minimum Gasteiger partial charge on any atom is -0.457 e. The highest BCUT2D eigenvalue weighted by Gasteiger charge is 2.23. The van der Waals surface area contributed by atoms with Gasteiger partial charge in [-0.05, 0) is 25.0 Å². The average molecular weight is 425 g/mol. The van der Waals surface area contributed by atoms with Crippen molar-refractivity contribution in [3.8, 4) is 11.5 Å². The van der Waals surface area contributed by atoms with Gasteiger partial charge >= 0.3 is 5.69 Å². The van der Waals surface area contributed by atoms with E-state index >= 15 is 0 Å². The largest absolute Gasteiger partial charge is 0.457 e. The van der Waals surface area contributed by atoms with Gasteiger partial charge < -0.3 is 10.1 Å². The molecule has 0 saturated heterocycles. The van der Waals surface area contributed by atoms with Crippen LogP contribution in [0.1, 0.15) is 24.9 Å². The lowest BCUT2D eigenvalue weighted by molar-refractivity contribution is -0.385. The Balaban J connectivity index is 1.87. The predicted molar refractivity (Wildman–Crippen MR) is 111 cm³/mol. The van der Waals surface area contributed by atoms with E-state index in [2.05, 4.69) is 10.4 Å². The maximum Gasteiger partial charge on any atom is 0.307 e. The molecule has 160 valence electrons. The van der Waals surface area contributed by atoms with Crippen LogP contribution in [0.4, 0.5) is 17.1 Å². The highest BCUT2D eigenvalue weighted by Crippen LogP contribution is 2.31. The number of amides is 1. The van der Waals surface area contributed by atoms with Gasteiger partial charge in [-0.25, -0.2) is 0 Å². The zero-order chi connectivity index (χ0) is 22.5. The van der Waals surface area contributed by atoms with E-state index < -0.39 is 21.8 Å². The van der Waals surface area contributed by atoms with Crippen LogP contribution in [-0.4, -0.2) is 25.5 Å². The maximum atomic E-state index is 12.8. The van der Waals surface area contributed by atoms with E-state index in [-0.39, 0.29) is 22.8 Å². The molecule has 1 unspecified atom stereocenters. The summed E-state index contributed by atoms with van der Waals surface area (Å²) in [6.45, 7) is 3.56. The topological polar surface area (TPSA) is 142 Å². The molecule has 0 bridgehead atoms. The Labute approximate surface area is 176 Å². The summed E-state index contributed by atoms with van der Waals surface area (Å²) in [4.78, 5) is 33.8. The van der Waals surface area contributed by atoms with Crippen molar-refractivity contribution in [3.05, 3.63) is 80.7 Å². The third-order valence-corrected chi connectivity index (χ3v) is 4.50. The molecule has 3 rings (SSSR count). The molecule has 1 heterocycles. The second kappa shape index (κ2) is 9.03. The molecular formula is C20H19N5O6. The first-order valence-corrected chi connectivity index (χ1v) is 9.31. The zero-order valence-electron chi connectivity index (χ0n) is 16.7. The van der Waals surface area contributed by atoms with Gasteiger partial charge in [0.25, 0.3) is 5.69 Å². The number of carbonyl (C=O) groups excluding carboxylic acids is 1. The zero-order valence-corrected chi connectivity index (χ0v) is 16.7. The SMILES string of the molecule is CCC(C(=O)Nc1cc(Oc2ccccc2C)cc([N+](=O)[O-])c1)n1cc([N+](=O)[O-])cn1. The number of hydrogen-bond donors (Lipinski definition) is 1. The molecule has 3 aromatic rings. The standard InChI is InChI=1S/C20H19N5O6/c1-3-18(23-12-16(11-21-23)25(29)30)20(26)22-14-8-15(24(27)28)10-17(9-14)31-19-7-5-4-6-13(19)2/h4-12,18H,3H2,1-2H3,(H,22,26). The quantitative estimate of drug-likeness (QED) is 0.416. The maximum absolute atomic E-state index is 12.8. The number of aromatic nitrogens is 2. The van der Waals surface area contributed by atoms with Gasteiger partial charge in [0, 0.05) is 12.1 Å². The summed E-state index contributed by atoms with van der Waals surface area (Å²) in [5.41, 5.74) is 0.494. The van der Waals surface area contributed by atoms with Gasteiger partial charge in [-0.2, -0.15) is 5.10 Å². The smallest absolute Gasteiger partial charge is 0.307 e. The van der Waals surface area contributed by atoms with Gasteiger partial charge in [0.05, 0.1) is 21.6 Å². The van der Waals surface area contributed by atoms with E-state index in [0.717, 1.165) is 18.0 Å². The van der Waals surface area contributed by atoms with Gasteiger partial charge in [0.15, 0.2) is 0 Å². The van der Waals surface area contributed by atoms with E-state index in [9.17, 15) is 25.0 Å². The molecule has 0 fully saturated rings. The van der Waals surface area contributed by atoms with Crippen LogP contribution >= 0.6 is 0 Å². The van der Waals surface area contributed by atoms with Crippen molar-refractivity contribution in [2.45, 2.75) is 26.3 Å². The van der Waals surface area contributed by atoms with Crippen molar-refractivity contribution in [3.63, 3.8) is 0 Å². The summed E-state index contributed by atoms with van der Waals surface area (Å²) in [5, 5.41) is 28.7. The van der Waals surface area contributed by atoms with Gasteiger partial charge in [0.1, 0.15) is 29.9 Å². The number of carbonyl (C=O) groups is 1. The first-order chi connectivity index (χ1) is 14.8. The van der Waals surface area contributed by atoms with E-state index in [1.165, 1.54) is 22.9 Å². The minimum atomic E-state index is -0.839. The van der Waals surface area contributed by atoms with Crippen LogP contribution in [-0.2, 0) is 4.79 Å². The Kier molecular flexibility index (Phi) is 6.24. The van der Waals surface area contributed by atoms with E-state index in [1.807, 2.05) is 19.1 Å². The van der Waals surface area contributed by atoms with Crippen molar-refractivity contribution < 1.29 is 19.4 Å². The third kappa shape index (κ3) is 5.01. The number of benzene rings is 2. The Morgan fingerprint density at radius 1 is 1.16 bits per heavy atom. The van der Waals surface area contributed by atoms with E-state index in [4.69, 9.17) is 4.74 Å². The summed E-state index contributed by atoms with van der Waals surface area (Å²) in [7, 11) is 0. The normalized spacial score (nSPS) is 11.5. The number of nitrogens with one attached hydrogen (secondary N) is 1. The minimum absolute atomic E-state index is 0.155. The average Bonchev–Trinajstić information content (AvgIpc) is 3.20. The fourth-order valence-corrected chi connectivity index (χ4v) is 2.93. The molecule has 1 aromatic heterocycles. The second-order valence-corrected chi connectivity index (χ2v) is 6.69. The number of para-hydroxylation sites is 1. The van der Waals surface area contributed by atoms with Gasteiger partial charge in [-0.15, -0.1) is 0 Å². The van der Waals surface area contributed by atoms with Crippen LogP contribution in [0, 0.1) is 27.2 Å². The molecule has 11 heteroatoms. The molecule has 0 radical (unpaired) electrons. The molecule has 0 aliphatic heterocycles. The highest BCUT2D eigenvalue weighted by atomic mass is 16.6. The van der Waals surface area contributed by atoms with Crippen LogP contribution in [0.2, 0.25) is 0 Å². The fraction of sp³-hybridized carbons (Fsp3) is 0.200. The van der Waals surface area contributed by atoms with Gasteiger partial charge in [-0.1, -0.05) is 25.1 Å². The van der Waals surface area contributed by atoms with Crippen molar-refractivity contribution in [1.82, 2.24) is 9.78 Å². The Morgan fingerprint density at radius 2 is 1.87 bits per heavy atom. The molecule has 11 nitrogen and oxygen atoms in total. The number of rotatable bonds is 8. The van der Waals surface area contributed by atoms with Crippen LogP contribution < -0.4 is 10.1 Å². The first kappa shape index (κ1) is 21.4.